The first-order valence-electron chi connectivity index (χ1n) is 21.0. The Kier molecular flexibility index (Phi) is 7.72. The van der Waals surface area contributed by atoms with Gasteiger partial charge in [-0.1, -0.05) is 115 Å². The minimum atomic E-state index is 0.337. The summed E-state index contributed by atoms with van der Waals surface area (Å²) in [7, 11) is 0. The van der Waals surface area contributed by atoms with Crippen molar-refractivity contribution >= 4 is 32.7 Å². The summed E-state index contributed by atoms with van der Waals surface area (Å²) in [5.41, 5.74) is 11.3. The summed E-state index contributed by atoms with van der Waals surface area (Å²) < 4.78 is 6.69. The van der Waals surface area contributed by atoms with Gasteiger partial charge < -0.3 is 4.42 Å². The van der Waals surface area contributed by atoms with Gasteiger partial charge >= 0.3 is 0 Å². The number of rotatable bonds is 6. The molecule has 0 unspecified atom stereocenters. The van der Waals surface area contributed by atoms with Gasteiger partial charge in [-0.05, 0) is 131 Å². The molecular weight excluding hydrogens is 721 g/mol. The van der Waals surface area contributed by atoms with Gasteiger partial charge in [0.2, 0.25) is 0 Å². The standard InChI is InChI=1S/C54H40N4O/c55-32-33-14-16-37(17-15-33)42-22-23-46(44-11-5-4-10-43(42)44)53-57-51(39-8-2-1-3-9-39)56-52(58-53)40-27-47(50-48(28-40)45-12-6-7-13-49(45)59-50)38-18-20-41(21-19-38)54-29-34-24-35(30-54)26-36(25-34)31-54/h1-23,27-28,34-36H,24-26,29-31H2. The van der Waals surface area contributed by atoms with Crippen LogP contribution in [0.4, 0.5) is 0 Å². The molecule has 59 heavy (non-hydrogen) atoms. The first-order valence-corrected chi connectivity index (χ1v) is 21.0. The lowest BCUT2D eigenvalue weighted by Crippen LogP contribution is -2.48. The second-order valence-electron chi connectivity index (χ2n) is 17.3. The molecule has 0 aliphatic heterocycles. The van der Waals surface area contributed by atoms with Crippen LogP contribution in [0.15, 0.2) is 156 Å². The van der Waals surface area contributed by atoms with Crippen molar-refractivity contribution in [2.24, 2.45) is 17.8 Å². The molecule has 9 aromatic rings. The summed E-state index contributed by atoms with van der Waals surface area (Å²) in [5.74, 6) is 4.53. The summed E-state index contributed by atoms with van der Waals surface area (Å²) in [6, 6.07) is 55.0. The van der Waals surface area contributed by atoms with Crippen molar-refractivity contribution in [1.29, 1.82) is 5.26 Å². The lowest BCUT2D eigenvalue weighted by Gasteiger charge is -2.57. The number of nitrogens with zero attached hydrogens (tertiary/aromatic N) is 4. The summed E-state index contributed by atoms with van der Waals surface area (Å²) in [6.07, 6.45) is 8.37. The zero-order chi connectivity index (χ0) is 39.1. The maximum atomic E-state index is 9.42. The lowest BCUT2D eigenvalue weighted by molar-refractivity contribution is -0.00518. The second-order valence-corrected chi connectivity index (χ2v) is 17.3. The molecule has 4 bridgehead atoms. The van der Waals surface area contributed by atoms with Crippen molar-refractivity contribution in [3.63, 3.8) is 0 Å². The Bertz CT molecular complexity index is 3100. The Labute approximate surface area is 343 Å². The largest absolute Gasteiger partial charge is 0.455 e. The van der Waals surface area contributed by atoms with E-state index < -0.39 is 0 Å². The molecule has 2 aromatic heterocycles. The van der Waals surface area contributed by atoms with E-state index in [0.29, 0.717) is 28.5 Å². The highest BCUT2D eigenvalue weighted by Gasteiger charge is 2.51. The zero-order valence-corrected chi connectivity index (χ0v) is 32.6. The van der Waals surface area contributed by atoms with Crippen LogP contribution in [0.25, 0.3) is 89.1 Å². The van der Waals surface area contributed by atoms with E-state index in [-0.39, 0.29) is 0 Å². The van der Waals surface area contributed by atoms with Crippen molar-refractivity contribution in [3.8, 4) is 62.5 Å². The summed E-state index contributed by atoms with van der Waals surface area (Å²) >= 11 is 0. The Hall–Kier alpha value is -6.90. The van der Waals surface area contributed by atoms with Crippen LogP contribution in [0.2, 0.25) is 0 Å². The van der Waals surface area contributed by atoms with Crippen LogP contribution < -0.4 is 0 Å². The fourth-order valence-corrected chi connectivity index (χ4v) is 11.4. The molecule has 4 aliphatic carbocycles. The Morgan fingerprint density at radius 1 is 0.475 bits per heavy atom. The van der Waals surface area contributed by atoms with Crippen molar-refractivity contribution in [3.05, 3.63) is 163 Å². The van der Waals surface area contributed by atoms with Gasteiger partial charge in [0.15, 0.2) is 17.5 Å². The predicted molar refractivity (Wildman–Crippen MR) is 236 cm³/mol. The third kappa shape index (κ3) is 5.69. The number of nitriles is 1. The highest BCUT2D eigenvalue weighted by atomic mass is 16.3. The number of furan rings is 1. The molecule has 0 radical (unpaired) electrons. The van der Waals surface area contributed by atoms with E-state index >= 15 is 0 Å². The smallest absolute Gasteiger partial charge is 0.164 e. The monoisotopic (exact) mass is 760 g/mol. The molecular formula is C54H40N4O. The third-order valence-electron chi connectivity index (χ3n) is 13.7. The Balaban J connectivity index is 1.03. The normalized spacial score (nSPS) is 20.7. The van der Waals surface area contributed by atoms with Crippen LogP contribution in [0.1, 0.15) is 49.7 Å². The van der Waals surface area contributed by atoms with E-state index in [0.717, 1.165) is 89.4 Å². The van der Waals surface area contributed by atoms with E-state index in [1.165, 1.54) is 44.1 Å². The fraction of sp³-hybridized carbons (Fsp3) is 0.185. The highest BCUT2D eigenvalue weighted by molar-refractivity contribution is 6.11. The average molecular weight is 761 g/mol. The highest BCUT2D eigenvalue weighted by Crippen LogP contribution is 2.61. The number of aromatic nitrogens is 3. The third-order valence-corrected chi connectivity index (χ3v) is 13.7. The molecule has 13 rings (SSSR count). The van der Waals surface area contributed by atoms with E-state index in [2.05, 4.69) is 109 Å². The van der Waals surface area contributed by atoms with E-state index in [9.17, 15) is 5.26 Å². The summed E-state index contributed by atoms with van der Waals surface area (Å²) in [5, 5.41) is 13.7. The number of hydrogen-bond acceptors (Lipinski definition) is 5. The molecule has 0 N–H and O–H groups in total. The zero-order valence-electron chi connectivity index (χ0n) is 32.6. The van der Waals surface area contributed by atoms with E-state index in [1.807, 2.05) is 48.5 Å². The van der Waals surface area contributed by atoms with Crippen LogP contribution >= 0.6 is 0 Å². The lowest BCUT2D eigenvalue weighted by atomic mass is 9.48. The molecule has 5 nitrogen and oxygen atoms in total. The SMILES string of the molecule is N#Cc1ccc(-c2ccc(-c3nc(-c4ccccc4)nc(-c4cc(-c5ccc(C67CC8CC(CC(C8)C6)C7)cc5)c5oc6ccccc6c5c4)n3)c3ccccc23)cc1. The van der Waals surface area contributed by atoms with Crippen molar-refractivity contribution in [2.75, 3.05) is 0 Å². The minimum absolute atomic E-state index is 0.337. The van der Waals surface area contributed by atoms with Gasteiger partial charge in [-0.15, -0.1) is 0 Å². The van der Waals surface area contributed by atoms with Gasteiger partial charge in [0, 0.05) is 33.0 Å². The maximum Gasteiger partial charge on any atom is 0.164 e. The van der Waals surface area contributed by atoms with Crippen LogP contribution in [0.5, 0.6) is 0 Å². The van der Waals surface area contributed by atoms with Gasteiger partial charge in [-0.25, -0.2) is 15.0 Å². The van der Waals surface area contributed by atoms with Gasteiger partial charge in [-0.3, -0.25) is 0 Å². The van der Waals surface area contributed by atoms with Crippen molar-refractivity contribution in [2.45, 2.75) is 43.9 Å². The van der Waals surface area contributed by atoms with E-state index in [1.54, 1.807) is 0 Å². The van der Waals surface area contributed by atoms with Crippen molar-refractivity contribution < 1.29 is 4.42 Å². The molecule has 0 amide bonds. The van der Waals surface area contributed by atoms with Gasteiger partial charge in [0.05, 0.1) is 11.6 Å². The first-order chi connectivity index (χ1) is 29.1. The quantitative estimate of drug-likeness (QED) is 0.169. The predicted octanol–water partition coefficient (Wildman–Crippen LogP) is 13.6. The molecule has 0 atom stereocenters. The molecule has 7 aromatic carbocycles. The van der Waals surface area contributed by atoms with Gasteiger partial charge in [0.1, 0.15) is 11.2 Å². The van der Waals surface area contributed by atoms with Crippen LogP contribution in [0.3, 0.4) is 0 Å². The van der Waals surface area contributed by atoms with Crippen LogP contribution in [0, 0.1) is 29.1 Å². The van der Waals surface area contributed by atoms with Gasteiger partial charge in [0.25, 0.3) is 0 Å². The molecule has 2 heterocycles. The first kappa shape index (κ1) is 34.2. The second kappa shape index (κ2) is 13.3. The number of fused-ring (bicyclic) bond motifs is 4. The Morgan fingerprint density at radius 3 is 1.73 bits per heavy atom. The molecule has 5 heteroatoms. The average Bonchev–Trinajstić information content (AvgIpc) is 3.67. The molecule has 282 valence electrons. The van der Waals surface area contributed by atoms with Gasteiger partial charge in [-0.2, -0.15) is 5.26 Å². The summed E-state index contributed by atoms with van der Waals surface area (Å²) in [4.78, 5) is 15.7. The van der Waals surface area contributed by atoms with E-state index in [4.69, 9.17) is 19.4 Å². The maximum absolute atomic E-state index is 9.42. The number of benzene rings is 7. The van der Waals surface area contributed by atoms with Crippen LogP contribution in [-0.2, 0) is 5.41 Å². The molecule has 0 spiro atoms. The molecule has 4 aliphatic rings. The number of para-hydroxylation sites is 1. The minimum Gasteiger partial charge on any atom is -0.455 e. The molecule has 4 saturated carbocycles. The topological polar surface area (TPSA) is 75.6 Å². The molecule has 4 fully saturated rings. The van der Waals surface area contributed by atoms with Crippen LogP contribution in [-0.4, -0.2) is 15.0 Å². The van der Waals surface area contributed by atoms with Crippen molar-refractivity contribution in [1.82, 2.24) is 15.0 Å². The molecule has 0 saturated heterocycles. The Morgan fingerprint density at radius 2 is 1.03 bits per heavy atom. The fourth-order valence-electron chi connectivity index (χ4n) is 11.4. The summed E-state index contributed by atoms with van der Waals surface area (Å²) in [6.45, 7) is 0. The number of hydrogen-bond donors (Lipinski definition) is 0.